The van der Waals surface area contributed by atoms with E-state index in [2.05, 4.69) is 41.1 Å². The topological polar surface area (TPSA) is 36.4 Å². The van der Waals surface area contributed by atoms with Crippen molar-refractivity contribution in [2.45, 2.75) is 13.3 Å². The molecule has 0 unspecified atom stereocenters. The number of aromatic nitrogens is 1. The van der Waals surface area contributed by atoms with E-state index in [0.29, 0.717) is 0 Å². The molecule has 0 saturated carbocycles. The van der Waals surface area contributed by atoms with Gasteiger partial charge in [-0.2, -0.15) is 0 Å². The molecule has 132 valence electrons. The number of carbonyl (C=O) groups is 1. The molecule has 1 aliphatic rings. The predicted octanol–water partition coefficient (Wildman–Crippen LogP) is 3.90. The molecule has 0 spiro atoms. The quantitative estimate of drug-likeness (QED) is 0.707. The Hall–Kier alpha value is -2.88. The first-order valence-electron chi connectivity index (χ1n) is 9.17. The maximum Gasteiger partial charge on any atom is 0.253 e. The van der Waals surface area contributed by atoms with Crippen molar-refractivity contribution < 1.29 is 4.79 Å². The second-order valence-corrected chi connectivity index (χ2v) is 6.85. The third-order valence-electron chi connectivity index (χ3n) is 5.02. The van der Waals surface area contributed by atoms with Gasteiger partial charge in [0.05, 0.1) is 5.52 Å². The lowest BCUT2D eigenvalue weighted by Crippen LogP contribution is -2.35. The Balaban J connectivity index is 1.56. The van der Waals surface area contributed by atoms with Gasteiger partial charge < -0.3 is 9.80 Å². The summed E-state index contributed by atoms with van der Waals surface area (Å²) in [5.74, 6) is 0.128. The number of carbonyl (C=O) groups excluding carboxylic acids is 1. The number of amides is 1. The van der Waals surface area contributed by atoms with Crippen molar-refractivity contribution >= 4 is 22.5 Å². The maximum atomic E-state index is 12.8. The smallest absolute Gasteiger partial charge is 0.253 e. The van der Waals surface area contributed by atoms with Gasteiger partial charge in [0.1, 0.15) is 0 Å². The van der Waals surface area contributed by atoms with Gasteiger partial charge in [-0.15, -0.1) is 0 Å². The molecule has 0 atom stereocenters. The van der Waals surface area contributed by atoms with Crippen LogP contribution in [0.2, 0.25) is 0 Å². The number of nitrogens with zero attached hydrogens (tertiary/aromatic N) is 3. The molecule has 1 saturated heterocycles. The van der Waals surface area contributed by atoms with Gasteiger partial charge in [-0.3, -0.25) is 9.78 Å². The highest BCUT2D eigenvalue weighted by Crippen LogP contribution is 2.27. The van der Waals surface area contributed by atoms with Crippen molar-refractivity contribution in [2.24, 2.45) is 0 Å². The van der Waals surface area contributed by atoms with Gasteiger partial charge >= 0.3 is 0 Å². The summed E-state index contributed by atoms with van der Waals surface area (Å²) in [7, 11) is 0. The standard InChI is InChI=1S/C22H23N3O/c1-17-8-9-20-19(16-17)21(10-11-23-20)24-12-5-13-25(15-14-24)22(26)18-6-3-2-4-7-18/h2-4,6-11,16H,5,12-15H2,1H3. The van der Waals surface area contributed by atoms with Crippen LogP contribution in [0.25, 0.3) is 10.9 Å². The molecule has 0 bridgehead atoms. The number of fused-ring (bicyclic) bond motifs is 1. The van der Waals surface area contributed by atoms with E-state index in [1.807, 2.05) is 41.4 Å². The van der Waals surface area contributed by atoms with E-state index in [0.717, 1.165) is 43.7 Å². The van der Waals surface area contributed by atoms with Crippen LogP contribution in [0.4, 0.5) is 5.69 Å². The number of benzene rings is 2. The van der Waals surface area contributed by atoms with Gasteiger partial charge in [-0.05, 0) is 43.7 Å². The molecule has 1 aromatic heterocycles. The Labute approximate surface area is 154 Å². The van der Waals surface area contributed by atoms with Crippen LogP contribution >= 0.6 is 0 Å². The Bertz CT molecular complexity index is 923. The molecule has 0 aliphatic carbocycles. The largest absolute Gasteiger partial charge is 0.369 e. The molecule has 2 heterocycles. The minimum Gasteiger partial charge on any atom is -0.369 e. The minimum atomic E-state index is 0.128. The molecule has 1 aliphatic heterocycles. The fourth-order valence-electron chi connectivity index (χ4n) is 3.65. The number of hydrogen-bond donors (Lipinski definition) is 0. The SMILES string of the molecule is Cc1ccc2nccc(N3CCCN(C(=O)c4ccccc4)CC3)c2c1. The van der Waals surface area contributed by atoms with Gasteiger partial charge in [0, 0.05) is 49.0 Å². The highest BCUT2D eigenvalue weighted by atomic mass is 16.2. The second-order valence-electron chi connectivity index (χ2n) is 6.85. The van der Waals surface area contributed by atoms with Gasteiger partial charge in [-0.1, -0.05) is 29.8 Å². The first-order chi connectivity index (χ1) is 12.7. The molecule has 4 heteroatoms. The lowest BCUT2D eigenvalue weighted by molar-refractivity contribution is 0.0767. The summed E-state index contributed by atoms with van der Waals surface area (Å²) in [6.45, 7) is 5.44. The maximum absolute atomic E-state index is 12.8. The van der Waals surface area contributed by atoms with Crippen molar-refractivity contribution in [3.8, 4) is 0 Å². The molecule has 0 N–H and O–H groups in total. The van der Waals surface area contributed by atoms with Crippen molar-refractivity contribution in [1.82, 2.24) is 9.88 Å². The molecular weight excluding hydrogens is 322 g/mol. The van der Waals surface area contributed by atoms with Crippen LogP contribution in [-0.4, -0.2) is 42.0 Å². The molecule has 1 fully saturated rings. The highest BCUT2D eigenvalue weighted by Gasteiger charge is 2.21. The van der Waals surface area contributed by atoms with Crippen molar-refractivity contribution in [2.75, 3.05) is 31.1 Å². The van der Waals surface area contributed by atoms with E-state index in [1.54, 1.807) is 0 Å². The third-order valence-corrected chi connectivity index (χ3v) is 5.02. The van der Waals surface area contributed by atoms with E-state index in [-0.39, 0.29) is 5.91 Å². The Kier molecular flexibility index (Phi) is 4.57. The molecule has 4 nitrogen and oxygen atoms in total. The van der Waals surface area contributed by atoms with Crippen molar-refractivity contribution in [3.63, 3.8) is 0 Å². The fraction of sp³-hybridized carbons (Fsp3) is 0.273. The lowest BCUT2D eigenvalue weighted by Gasteiger charge is -2.25. The van der Waals surface area contributed by atoms with Crippen LogP contribution in [0.1, 0.15) is 22.3 Å². The lowest BCUT2D eigenvalue weighted by atomic mass is 10.1. The zero-order valence-corrected chi connectivity index (χ0v) is 15.1. The van der Waals surface area contributed by atoms with Crippen LogP contribution in [0, 0.1) is 6.92 Å². The minimum absolute atomic E-state index is 0.128. The van der Waals surface area contributed by atoms with Gasteiger partial charge in [-0.25, -0.2) is 0 Å². The number of aryl methyl sites for hydroxylation is 1. The summed E-state index contributed by atoms with van der Waals surface area (Å²) in [5.41, 5.74) is 4.25. The number of pyridine rings is 1. The third kappa shape index (κ3) is 3.27. The van der Waals surface area contributed by atoms with Gasteiger partial charge in [0.25, 0.3) is 5.91 Å². The van der Waals surface area contributed by atoms with Crippen LogP contribution in [0.5, 0.6) is 0 Å². The molecule has 0 radical (unpaired) electrons. The van der Waals surface area contributed by atoms with E-state index in [9.17, 15) is 4.79 Å². The summed E-state index contributed by atoms with van der Waals surface area (Å²) < 4.78 is 0. The first-order valence-corrected chi connectivity index (χ1v) is 9.17. The average Bonchev–Trinajstić information content (AvgIpc) is 2.94. The summed E-state index contributed by atoms with van der Waals surface area (Å²) in [6.07, 6.45) is 2.85. The van der Waals surface area contributed by atoms with E-state index < -0.39 is 0 Å². The first kappa shape index (κ1) is 16.6. The van der Waals surface area contributed by atoms with Crippen LogP contribution in [0.15, 0.2) is 60.8 Å². The number of hydrogen-bond acceptors (Lipinski definition) is 3. The van der Waals surface area contributed by atoms with Gasteiger partial charge in [0.15, 0.2) is 0 Å². The van der Waals surface area contributed by atoms with Crippen molar-refractivity contribution in [3.05, 3.63) is 71.9 Å². The number of rotatable bonds is 2. The normalized spacial score (nSPS) is 15.1. The summed E-state index contributed by atoms with van der Waals surface area (Å²) in [6, 6.07) is 18.0. The fourth-order valence-corrected chi connectivity index (χ4v) is 3.65. The van der Waals surface area contributed by atoms with E-state index in [4.69, 9.17) is 0 Å². The molecule has 2 aromatic carbocycles. The monoisotopic (exact) mass is 345 g/mol. The van der Waals surface area contributed by atoms with Crippen LogP contribution in [0.3, 0.4) is 0 Å². The van der Waals surface area contributed by atoms with E-state index >= 15 is 0 Å². The number of anilines is 1. The predicted molar refractivity (Wildman–Crippen MR) is 106 cm³/mol. The van der Waals surface area contributed by atoms with Crippen molar-refractivity contribution in [1.29, 1.82) is 0 Å². The molecule has 26 heavy (non-hydrogen) atoms. The molecule has 1 amide bonds. The Morgan fingerprint density at radius 3 is 2.65 bits per heavy atom. The highest BCUT2D eigenvalue weighted by molar-refractivity contribution is 5.94. The second kappa shape index (κ2) is 7.16. The zero-order chi connectivity index (χ0) is 17.9. The summed E-state index contributed by atoms with van der Waals surface area (Å²) in [4.78, 5) is 21.6. The molecule has 3 aromatic rings. The van der Waals surface area contributed by atoms with Gasteiger partial charge in [0.2, 0.25) is 0 Å². The summed E-state index contributed by atoms with van der Waals surface area (Å²) in [5, 5.41) is 1.19. The summed E-state index contributed by atoms with van der Waals surface area (Å²) >= 11 is 0. The van der Waals surface area contributed by atoms with Crippen LogP contribution < -0.4 is 4.90 Å². The Morgan fingerprint density at radius 2 is 1.81 bits per heavy atom. The average molecular weight is 345 g/mol. The van der Waals surface area contributed by atoms with Crippen LogP contribution in [-0.2, 0) is 0 Å². The van der Waals surface area contributed by atoms with E-state index in [1.165, 1.54) is 16.6 Å². The zero-order valence-electron chi connectivity index (χ0n) is 15.1. The Morgan fingerprint density at radius 1 is 0.962 bits per heavy atom. The molecule has 4 rings (SSSR count). The molecular formula is C22H23N3O.